The number of aryl methyl sites for hydroxylation is 1. The Morgan fingerprint density at radius 2 is 1.84 bits per heavy atom. The number of benzene rings is 2. The Balaban J connectivity index is 2.21. The SMILES string of the molecule is COc1ccc(F)cc1C(N)Cc1ccc(C)cc1. The molecule has 0 amide bonds. The molecule has 2 nitrogen and oxygen atoms in total. The molecule has 2 aromatic rings. The van der Waals surface area contributed by atoms with Gasteiger partial charge in [0.1, 0.15) is 11.6 Å². The van der Waals surface area contributed by atoms with Crippen LogP contribution >= 0.6 is 0 Å². The van der Waals surface area contributed by atoms with Crippen LogP contribution in [0.2, 0.25) is 0 Å². The molecule has 19 heavy (non-hydrogen) atoms. The smallest absolute Gasteiger partial charge is 0.123 e. The second kappa shape index (κ2) is 5.85. The van der Waals surface area contributed by atoms with Gasteiger partial charge in [0.2, 0.25) is 0 Å². The molecule has 2 N–H and O–H groups in total. The van der Waals surface area contributed by atoms with E-state index in [1.807, 2.05) is 31.2 Å². The largest absolute Gasteiger partial charge is 0.496 e. The van der Waals surface area contributed by atoms with Crippen LogP contribution in [0.3, 0.4) is 0 Å². The minimum atomic E-state index is -0.296. The van der Waals surface area contributed by atoms with Crippen molar-refractivity contribution in [3.05, 3.63) is 65.0 Å². The van der Waals surface area contributed by atoms with E-state index >= 15 is 0 Å². The molecule has 1 unspecified atom stereocenters. The molecule has 0 fully saturated rings. The zero-order valence-electron chi connectivity index (χ0n) is 11.2. The lowest BCUT2D eigenvalue weighted by atomic mass is 9.98. The van der Waals surface area contributed by atoms with E-state index in [-0.39, 0.29) is 11.9 Å². The standard InChI is InChI=1S/C16H18FNO/c1-11-3-5-12(6-4-11)9-15(18)14-10-13(17)7-8-16(14)19-2/h3-8,10,15H,9,18H2,1-2H3. The average molecular weight is 259 g/mol. The summed E-state index contributed by atoms with van der Waals surface area (Å²) in [6.45, 7) is 2.04. The predicted octanol–water partition coefficient (Wildman–Crippen LogP) is 3.39. The van der Waals surface area contributed by atoms with Gasteiger partial charge in [-0.05, 0) is 37.1 Å². The molecular weight excluding hydrogens is 241 g/mol. The summed E-state index contributed by atoms with van der Waals surface area (Å²) in [5.74, 6) is 0.330. The molecule has 0 radical (unpaired) electrons. The molecule has 0 saturated heterocycles. The van der Waals surface area contributed by atoms with Gasteiger partial charge in [-0.15, -0.1) is 0 Å². The predicted molar refractivity (Wildman–Crippen MR) is 74.8 cm³/mol. The fourth-order valence-corrected chi connectivity index (χ4v) is 2.08. The highest BCUT2D eigenvalue weighted by Crippen LogP contribution is 2.26. The van der Waals surface area contributed by atoms with Crippen molar-refractivity contribution in [2.45, 2.75) is 19.4 Å². The maximum absolute atomic E-state index is 13.3. The number of halogens is 1. The normalized spacial score (nSPS) is 12.2. The fraction of sp³-hybridized carbons (Fsp3) is 0.250. The second-order valence-corrected chi connectivity index (χ2v) is 4.68. The highest BCUT2D eigenvalue weighted by molar-refractivity contribution is 5.37. The van der Waals surface area contributed by atoms with E-state index in [2.05, 4.69) is 0 Å². The van der Waals surface area contributed by atoms with Gasteiger partial charge in [0, 0.05) is 11.6 Å². The van der Waals surface area contributed by atoms with Crippen LogP contribution in [-0.4, -0.2) is 7.11 Å². The van der Waals surface area contributed by atoms with Gasteiger partial charge < -0.3 is 10.5 Å². The molecule has 0 aliphatic rings. The third-order valence-corrected chi connectivity index (χ3v) is 3.17. The summed E-state index contributed by atoms with van der Waals surface area (Å²) in [6.07, 6.45) is 0.653. The molecule has 0 bridgehead atoms. The van der Waals surface area contributed by atoms with Gasteiger partial charge in [0.25, 0.3) is 0 Å². The van der Waals surface area contributed by atoms with Crippen molar-refractivity contribution in [2.75, 3.05) is 7.11 Å². The van der Waals surface area contributed by atoms with Crippen LogP contribution in [0.1, 0.15) is 22.7 Å². The lowest BCUT2D eigenvalue weighted by molar-refractivity contribution is 0.404. The van der Waals surface area contributed by atoms with Crippen LogP contribution in [0.5, 0.6) is 5.75 Å². The van der Waals surface area contributed by atoms with Gasteiger partial charge >= 0.3 is 0 Å². The van der Waals surface area contributed by atoms with Crippen LogP contribution in [0, 0.1) is 12.7 Å². The highest BCUT2D eigenvalue weighted by atomic mass is 19.1. The van der Waals surface area contributed by atoms with Crippen molar-refractivity contribution < 1.29 is 9.13 Å². The fourth-order valence-electron chi connectivity index (χ4n) is 2.08. The molecule has 2 aromatic carbocycles. The van der Waals surface area contributed by atoms with Crippen LogP contribution in [0.25, 0.3) is 0 Å². The van der Waals surface area contributed by atoms with E-state index in [4.69, 9.17) is 10.5 Å². The van der Waals surface area contributed by atoms with Gasteiger partial charge in [0.15, 0.2) is 0 Å². The summed E-state index contributed by atoms with van der Waals surface area (Å²) < 4.78 is 18.6. The van der Waals surface area contributed by atoms with E-state index in [1.54, 1.807) is 13.2 Å². The number of methoxy groups -OCH3 is 1. The first-order chi connectivity index (χ1) is 9.10. The molecule has 0 aliphatic carbocycles. The van der Waals surface area contributed by atoms with Crippen molar-refractivity contribution in [2.24, 2.45) is 5.73 Å². The molecular formula is C16H18FNO. The lowest BCUT2D eigenvalue weighted by Crippen LogP contribution is -2.14. The summed E-state index contributed by atoms with van der Waals surface area (Å²) >= 11 is 0. The Morgan fingerprint density at radius 3 is 2.47 bits per heavy atom. The first-order valence-corrected chi connectivity index (χ1v) is 6.24. The minimum Gasteiger partial charge on any atom is -0.496 e. The maximum Gasteiger partial charge on any atom is 0.123 e. The Bertz CT molecular complexity index is 551. The van der Waals surface area contributed by atoms with Crippen molar-refractivity contribution in [1.82, 2.24) is 0 Å². The van der Waals surface area contributed by atoms with E-state index in [1.165, 1.54) is 17.7 Å². The maximum atomic E-state index is 13.3. The van der Waals surface area contributed by atoms with Crippen molar-refractivity contribution >= 4 is 0 Å². The zero-order chi connectivity index (χ0) is 13.8. The lowest BCUT2D eigenvalue weighted by Gasteiger charge is -2.16. The van der Waals surface area contributed by atoms with E-state index in [0.29, 0.717) is 17.7 Å². The molecule has 0 heterocycles. The van der Waals surface area contributed by atoms with E-state index in [0.717, 1.165) is 5.56 Å². The number of ether oxygens (including phenoxy) is 1. The summed E-state index contributed by atoms with van der Waals surface area (Å²) in [5.41, 5.74) is 9.20. The highest BCUT2D eigenvalue weighted by Gasteiger charge is 2.13. The number of hydrogen-bond donors (Lipinski definition) is 1. The van der Waals surface area contributed by atoms with E-state index in [9.17, 15) is 4.39 Å². The topological polar surface area (TPSA) is 35.2 Å². The number of rotatable bonds is 4. The summed E-state index contributed by atoms with van der Waals surface area (Å²) in [6, 6.07) is 12.3. The van der Waals surface area contributed by atoms with Crippen molar-refractivity contribution in [3.8, 4) is 5.75 Å². The van der Waals surface area contributed by atoms with Gasteiger partial charge in [-0.25, -0.2) is 4.39 Å². The molecule has 1 atom stereocenters. The van der Waals surface area contributed by atoms with Crippen LogP contribution in [0.15, 0.2) is 42.5 Å². The second-order valence-electron chi connectivity index (χ2n) is 4.68. The number of hydrogen-bond acceptors (Lipinski definition) is 2. The average Bonchev–Trinajstić information content (AvgIpc) is 2.41. The zero-order valence-corrected chi connectivity index (χ0v) is 11.2. The summed E-state index contributed by atoms with van der Waals surface area (Å²) in [4.78, 5) is 0. The third-order valence-electron chi connectivity index (χ3n) is 3.17. The van der Waals surface area contributed by atoms with Gasteiger partial charge in [-0.2, -0.15) is 0 Å². The van der Waals surface area contributed by atoms with Gasteiger partial charge in [-0.3, -0.25) is 0 Å². The van der Waals surface area contributed by atoms with Crippen molar-refractivity contribution in [1.29, 1.82) is 0 Å². The molecule has 3 heteroatoms. The molecule has 0 aliphatic heterocycles. The molecule has 0 aromatic heterocycles. The Hall–Kier alpha value is -1.87. The number of nitrogens with two attached hydrogens (primary N) is 1. The molecule has 2 rings (SSSR count). The molecule has 0 spiro atoms. The first-order valence-electron chi connectivity index (χ1n) is 6.24. The Morgan fingerprint density at radius 1 is 1.16 bits per heavy atom. The molecule has 0 saturated carbocycles. The summed E-state index contributed by atoms with van der Waals surface area (Å²) in [7, 11) is 1.56. The third kappa shape index (κ3) is 3.32. The van der Waals surface area contributed by atoms with E-state index < -0.39 is 0 Å². The first kappa shape index (κ1) is 13.6. The monoisotopic (exact) mass is 259 g/mol. The van der Waals surface area contributed by atoms with Crippen LogP contribution < -0.4 is 10.5 Å². The minimum absolute atomic E-state index is 0.284. The van der Waals surface area contributed by atoms with Gasteiger partial charge in [0.05, 0.1) is 7.11 Å². The molecule has 100 valence electrons. The summed E-state index contributed by atoms with van der Waals surface area (Å²) in [5, 5.41) is 0. The van der Waals surface area contributed by atoms with Crippen molar-refractivity contribution in [3.63, 3.8) is 0 Å². The van der Waals surface area contributed by atoms with Gasteiger partial charge in [-0.1, -0.05) is 29.8 Å². The quantitative estimate of drug-likeness (QED) is 0.913. The van der Waals surface area contributed by atoms with Crippen LogP contribution in [-0.2, 0) is 6.42 Å². The van der Waals surface area contributed by atoms with Crippen LogP contribution in [0.4, 0.5) is 4.39 Å². The Labute approximate surface area is 113 Å². The Kier molecular flexibility index (Phi) is 4.17.